The highest BCUT2D eigenvalue weighted by Crippen LogP contribution is 2.37. The van der Waals surface area contributed by atoms with Crippen LogP contribution in [-0.4, -0.2) is 14.9 Å². The predicted molar refractivity (Wildman–Crippen MR) is 50.2 cm³/mol. The van der Waals surface area contributed by atoms with Gasteiger partial charge in [0.15, 0.2) is 0 Å². The Balaban J connectivity index is 2.05. The molecule has 0 radical (unpaired) electrons. The molecule has 0 bridgehead atoms. The normalized spacial score (nSPS) is 19.0. The fraction of sp³-hybridized carbons (Fsp3) is 0.700. The van der Waals surface area contributed by atoms with Gasteiger partial charge in [-0.25, -0.2) is 0 Å². The fourth-order valence-corrected chi connectivity index (χ4v) is 1.54. The van der Waals surface area contributed by atoms with Crippen LogP contribution in [0.25, 0.3) is 0 Å². The largest absolute Gasteiger partial charge is 0.387 e. The summed E-state index contributed by atoms with van der Waals surface area (Å²) in [5, 5.41) is 14.1. The van der Waals surface area contributed by atoms with E-state index in [0.29, 0.717) is 0 Å². The second-order valence-corrected chi connectivity index (χ2v) is 4.03. The number of aliphatic hydroxyl groups is 1. The number of rotatable bonds is 3. The van der Waals surface area contributed by atoms with Crippen LogP contribution >= 0.6 is 0 Å². The molecule has 1 atom stereocenters. The first-order chi connectivity index (χ1) is 6.16. The zero-order valence-electron chi connectivity index (χ0n) is 8.20. The molecule has 2 rings (SSSR count). The van der Waals surface area contributed by atoms with Gasteiger partial charge in [-0.3, -0.25) is 4.68 Å². The highest BCUT2D eigenvalue weighted by atomic mass is 16.3. The summed E-state index contributed by atoms with van der Waals surface area (Å²) in [5.74, 6) is 0.748. The van der Waals surface area contributed by atoms with Crippen LogP contribution in [-0.2, 0) is 7.05 Å². The fourth-order valence-electron chi connectivity index (χ4n) is 1.54. The van der Waals surface area contributed by atoms with Crippen LogP contribution in [0.2, 0.25) is 0 Å². The first kappa shape index (κ1) is 8.75. The van der Waals surface area contributed by atoms with Crippen molar-refractivity contribution >= 4 is 0 Å². The second-order valence-electron chi connectivity index (χ2n) is 4.03. The summed E-state index contributed by atoms with van der Waals surface area (Å²) < 4.78 is 1.81. The minimum Gasteiger partial charge on any atom is -0.387 e. The molecule has 3 nitrogen and oxygen atoms in total. The van der Waals surface area contributed by atoms with Gasteiger partial charge in [0.25, 0.3) is 0 Å². The lowest BCUT2D eigenvalue weighted by Crippen LogP contribution is -2.00. The highest BCUT2D eigenvalue weighted by Gasteiger charge is 2.26. The van der Waals surface area contributed by atoms with Crippen LogP contribution in [0.15, 0.2) is 6.07 Å². The van der Waals surface area contributed by atoms with Crippen molar-refractivity contribution in [3.8, 4) is 0 Å². The number of hydrogen-bond donors (Lipinski definition) is 1. The van der Waals surface area contributed by atoms with Crippen molar-refractivity contribution in [3.05, 3.63) is 17.5 Å². The minimum absolute atomic E-state index is 0.354. The van der Waals surface area contributed by atoms with Gasteiger partial charge >= 0.3 is 0 Å². The monoisotopic (exact) mass is 180 g/mol. The maximum absolute atomic E-state index is 9.79. The summed E-state index contributed by atoms with van der Waals surface area (Å²) in [6.45, 7) is 2.00. The van der Waals surface area contributed by atoms with E-state index in [1.807, 2.05) is 24.7 Å². The summed E-state index contributed by atoms with van der Waals surface area (Å²) in [6.07, 6.45) is 3.09. The Hall–Kier alpha value is -0.830. The summed E-state index contributed by atoms with van der Waals surface area (Å²) in [7, 11) is 1.91. The molecule has 13 heavy (non-hydrogen) atoms. The Kier molecular flexibility index (Phi) is 2.12. The molecule has 3 heteroatoms. The molecule has 0 saturated heterocycles. The molecule has 1 aromatic rings. The molecule has 1 aliphatic rings. The minimum atomic E-state index is -0.354. The third-order valence-corrected chi connectivity index (χ3v) is 2.73. The van der Waals surface area contributed by atoms with Gasteiger partial charge in [0.1, 0.15) is 0 Å². The van der Waals surface area contributed by atoms with E-state index in [9.17, 15) is 5.11 Å². The molecular weight excluding hydrogens is 164 g/mol. The zero-order chi connectivity index (χ0) is 9.42. The lowest BCUT2D eigenvalue weighted by molar-refractivity contribution is 0.155. The van der Waals surface area contributed by atoms with E-state index in [1.165, 1.54) is 12.8 Å². The molecule has 0 spiro atoms. The summed E-state index contributed by atoms with van der Waals surface area (Å²) >= 11 is 0. The number of hydrogen-bond acceptors (Lipinski definition) is 2. The maximum atomic E-state index is 9.79. The van der Waals surface area contributed by atoms with Gasteiger partial charge in [0.2, 0.25) is 0 Å². The summed E-state index contributed by atoms with van der Waals surface area (Å²) in [4.78, 5) is 0. The first-order valence-corrected chi connectivity index (χ1v) is 4.85. The third kappa shape index (κ3) is 1.91. The van der Waals surface area contributed by atoms with Gasteiger partial charge < -0.3 is 5.11 Å². The van der Waals surface area contributed by atoms with Gasteiger partial charge in [-0.2, -0.15) is 5.10 Å². The average molecular weight is 180 g/mol. The second kappa shape index (κ2) is 3.14. The van der Waals surface area contributed by atoms with E-state index in [2.05, 4.69) is 5.10 Å². The number of aliphatic hydroxyl groups excluding tert-OH is 1. The van der Waals surface area contributed by atoms with E-state index in [-0.39, 0.29) is 6.10 Å². The van der Waals surface area contributed by atoms with Crippen molar-refractivity contribution in [3.63, 3.8) is 0 Å². The van der Waals surface area contributed by atoms with E-state index in [1.54, 1.807) is 0 Å². The molecule has 1 unspecified atom stereocenters. The van der Waals surface area contributed by atoms with Gasteiger partial charge in [0.05, 0.1) is 11.8 Å². The van der Waals surface area contributed by atoms with Crippen molar-refractivity contribution in [2.75, 3.05) is 0 Å². The number of nitrogens with zero attached hydrogens (tertiary/aromatic N) is 2. The van der Waals surface area contributed by atoms with Gasteiger partial charge in [0, 0.05) is 12.7 Å². The average Bonchev–Trinajstić information content (AvgIpc) is 2.81. The third-order valence-electron chi connectivity index (χ3n) is 2.73. The van der Waals surface area contributed by atoms with Gasteiger partial charge in [-0.1, -0.05) is 12.8 Å². The van der Waals surface area contributed by atoms with Crippen molar-refractivity contribution in [1.82, 2.24) is 9.78 Å². The van der Waals surface area contributed by atoms with E-state index in [4.69, 9.17) is 0 Å². The molecule has 0 aliphatic heterocycles. The van der Waals surface area contributed by atoms with Crippen molar-refractivity contribution in [1.29, 1.82) is 0 Å². The Morgan fingerprint density at radius 2 is 2.38 bits per heavy atom. The molecule has 1 aromatic heterocycles. The topological polar surface area (TPSA) is 38.1 Å². The van der Waals surface area contributed by atoms with Crippen molar-refractivity contribution in [2.24, 2.45) is 13.0 Å². The molecule has 0 aromatic carbocycles. The predicted octanol–water partition coefficient (Wildman–Crippen LogP) is 1.56. The molecule has 1 heterocycles. The SMILES string of the molecule is Cc1cc(C(O)CC2CC2)nn1C. The van der Waals surface area contributed by atoms with Crippen LogP contribution in [0.1, 0.15) is 36.8 Å². The molecule has 0 amide bonds. The summed E-state index contributed by atoms with van der Waals surface area (Å²) in [6, 6.07) is 1.97. The molecule has 1 aliphatic carbocycles. The van der Waals surface area contributed by atoms with E-state index < -0.39 is 0 Å². The number of aromatic nitrogens is 2. The number of aryl methyl sites for hydroxylation is 2. The van der Waals surface area contributed by atoms with Crippen LogP contribution in [0.5, 0.6) is 0 Å². The summed E-state index contributed by atoms with van der Waals surface area (Å²) in [5.41, 5.74) is 1.93. The molecule has 1 N–H and O–H groups in total. The Bertz CT molecular complexity index is 282. The zero-order valence-corrected chi connectivity index (χ0v) is 8.20. The lowest BCUT2D eigenvalue weighted by Gasteiger charge is -2.04. The van der Waals surface area contributed by atoms with Gasteiger partial charge in [-0.15, -0.1) is 0 Å². The van der Waals surface area contributed by atoms with E-state index >= 15 is 0 Å². The Morgan fingerprint density at radius 1 is 1.69 bits per heavy atom. The molecule has 1 saturated carbocycles. The molecule has 72 valence electrons. The Morgan fingerprint density at radius 3 is 2.85 bits per heavy atom. The smallest absolute Gasteiger partial charge is 0.0981 e. The first-order valence-electron chi connectivity index (χ1n) is 4.85. The van der Waals surface area contributed by atoms with Crippen LogP contribution in [0, 0.1) is 12.8 Å². The standard InChI is InChI=1S/C10H16N2O/c1-7-5-9(11-12(7)2)10(13)6-8-3-4-8/h5,8,10,13H,3-4,6H2,1-2H3. The van der Waals surface area contributed by atoms with Crippen LogP contribution in [0.4, 0.5) is 0 Å². The van der Waals surface area contributed by atoms with Crippen LogP contribution < -0.4 is 0 Å². The Labute approximate surface area is 78.4 Å². The maximum Gasteiger partial charge on any atom is 0.0981 e. The van der Waals surface area contributed by atoms with Gasteiger partial charge in [-0.05, 0) is 25.3 Å². The van der Waals surface area contributed by atoms with Crippen LogP contribution in [0.3, 0.4) is 0 Å². The quantitative estimate of drug-likeness (QED) is 0.766. The van der Waals surface area contributed by atoms with Crippen molar-refractivity contribution in [2.45, 2.75) is 32.3 Å². The lowest BCUT2D eigenvalue weighted by atomic mass is 10.1. The molecule has 1 fully saturated rings. The molecular formula is C10H16N2O. The van der Waals surface area contributed by atoms with E-state index in [0.717, 1.165) is 23.7 Å². The highest BCUT2D eigenvalue weighted by molar-refractivity contribution is 5.11. The van der Waals surface area contributed by atoms with Crippen molar-refractivity contribution < 1.29 is 5.11 Å².